The summed E-state index contributed by atoms with van der Waals surface area (Å²) in [6.45, 7) is 1.68. The quantitative estimate of drug-likeness (QED) is 0.273. The van der Waals surface area contributed by atoms with E-state index in [2.05, 4.69) is 9.88 Å². The topological polar surface area (TPSA) is 86.8 Å². The number of oxazole rings is 1. The number of hydrogen-bond donors (Lipinski definition) is 0. The van der Waals surface area contributed by atoms with Crippen LogP contribution in [0.2, 0.25) is 0 Å². The SMILES string of the molecule is COC(=O)C1CCC(OC(C(=O)Cc2ccc3nc(-c4cn(C)c5cc(F)ccc45)oc3c2)N2CCCC2)CC1. The molecule has 9 heteroatoms. The molecule has 3 heterocycles. The zero-order valence-corrected chi connectivity index (χ0v) is 22.9. The minimum atomic E-state index is -0.598. The summed E-state index contributed by atoms with van der Waals surface area (Å²) in [5.41, 5.74) is 3.67. The van der Waals surface area contributed by atoms with E-state index in [1.54, 1.807) is 6.07 Å². The number of carbonyl (C=O) groups excluding carboxylic acids is 2. The molecule has 2 fully saturated rings. The van der Waals surface area contributed by atoms with Crippen LogP contribution in [-0.2, 0) is 32.5 Å². The normalized spacial score (nSPS) is 20.8. The van der Waals surface area contributed by atoms with Gasteiger partial charge in [0.25, 0.3) is 0 Å². The smallest absolute Gasteiger partial charge is 0.308 e. The maximum atomic E-state index is 13.8. The molecule has 1 saturated carbocycles. The Balaban J connectivity index is 1.19. The van der Waals surface area contributed by atoms with Crippen LogP contribution in [0.15, 0.2) is 47.0 Å². The average molecular weight is 548 g/mol. The lowest BCUT2D eigenvalue weighted by Crippen LogP contribution is -2.45. The molecule has 6 rings (SSSR count). The minimum absolute atomic E-state index is 0.0205. The third kappa shape index (κ3) is 5.28. The Morgan fingerprint density at radius 2 is 1.88 bits per heavy atom. The molecule has 4 aromatic rings. The van der Waals surface area contributed by atoms with Crippen LogP contribution in [-0.4, -0.2) is 58.7 Å². The third-order valence-corrected chi connectivity index (χ3v) is 8.29. The molecule has 1 aliphatic carbocycles. The number of esters is 1. The monoisotopic (exact) mass is 547 g/mol. The number of Topliss-reactive ketones (excluding diaryl/α,β-unsaturated/α-hetero) is 1. The Bertz CT molecular complexity index is 1550. The van der Waals surface area contributed by atoms with Crippen molar-refractivity contribution in [1.29, 1.82) is 0 Å². The number of ketones is 1. The number of aryl methyl sites for hydroxylation is 1. The second-order valence-electron chi connectivity index (χ2n) is 11.0. The molecule has 8 nitrogen and oxygen atoms in total. The van der Waals surface area contributed by atoms with Crippen LogP contribution in [0.4, 0.5) is 4.39 Å². The number of methoxy groups -OCH3 is 1. The molecule has 40 heavy (non-hydrogen) atoms. The van der Waals surface area contributed by atoms with Gasteiger partial charge in [-0.25, -0.2) is 9.37 Å². The van der Waals surface area contributed by atoms with Gasteiger partial charge in [-0.1, -0.05) is 6.07 Å². The lowest BCUT2D eigenvalue weighted by atomic mass is 9.87. The molecule has 210 valence electrons. The van der Waals surface area contributed by atoms with E-state index >= 15 is 0 Å². The van der Waals surface area contributed by atoms with Crippen molar-refractivity contribution in [3.8, 4) is 11.5 Å². The van der Waals surface area contributed by atoms with Crippen molar-refractivity contribution in [2.75, 3.05) is 20.2 Å². The first-order valence-corrected chi connectivity index (χ1v) is 14.0. The van der Waals surface area contributed by atoms with Crippen LogP contribution in [0, 0.1) is 11.7 Å². The highest BCUT2D eigenvalue weighted by Crippen LogP contribution is 2.33. The van der Waals surface area contributed by atoms with Crippen LogP contribution in [0.3, 0.4) is 0 Å². The van der Waals surface area contributed by atoms with Gasteiger partial charge in [-0.3, -0.25) is 14.5 Å². The Morgan fingerprint density at radius 1 is 1.10 bits per heavy atom. The number of ether oxygens (including phenoxy) is 2. The van der Waals surface area contributed by atoms with E-state index in [-0.39, 0.29) is 36.0 Å². The van der Waals surface area contributed by atoms with Gasteiger partial charge in [0.15, 0.2) is 17.6 Å². The maximum Gasteiger partial charge on any atom is 0.308 e. The highest BCUT2D eigenvalue weighted by molar-refractivity contribution is 5.95. The number of rotatable bonds is 8. The van der Waals surface area contributed by atoms with E-state index in [1.807, 2.05) is 36.0 Å². The number of carbonyl (C=O) groups is 2. The van der Waals surface area contributed by atoms with Crippen molar-refractivity contribution in [3.63, 3.8) is 0 Å². The van der Waals surface area contributed by atoms with Gasteiger partial charge in [0, 0.05) is 38.1 Å². The second kappa shape index (κ2) is 11.1. The van der Waals surface area contributed by atoms with Gasteiger partial charge in [-0.2, -0.15) is 0 Å². The molecule has 0 amide bonds. The standard InChI is InChI=1S/C31H34FN3O5/c1-34-18-24(23-11-8-21(32)17-26(23)34)29-33-25-12-5-19(16-28(25)40-29)15-27(36)30(35-13-3-4-14-35)39-22-9-6-20(7-10-22)31(37)38-2/h5,8,11-12,16-18,20,22,30H,3-4,6-7,9-10,13-15H2,1-2H3. The van der Waals surface area contributed by atoms with E-state index in [0.29, 0.717) is 29.8 Å². The molecule has 1 unspecified atom stereocenters. The Kier molecular flexibility index (Phi) is 7.42. The summed E-state index contributed by atoms with van der Waals surface area (Å²) < 4.78 is 33.1. The van der Waals surface area contributed by atoms with Crippen molar-refractivity contribution >= 4 is 33.8 Å². The lowest BCUT2D eigenvalue weighted by molar-refractivity contribution is -0.157. The molecule has 2 aliphatic rings. The fraction of sp³-hybridized carbons (Fsp3) is 0.452. The van der Waals surface area contributed by atoms with Crippen molar-refractivity contribution in [3.05, 3.63) is 54.0 Å². The number of likely N-dealkylation sites (tertiary alicyclic amines) is 1. The van der Waals surface area contributed by atoms with Crippen LogP contribution in [0.5, 0.6) is 0 Å². The molecular formula is C31H34FN3O5. The first-order valence-electron chi connectivity index (χ1n) is 14.0. The van der Waals surface area contributed by atoms with E-state index < -0.39 is 6.23 Å². The fourth-order valence-corrected chi connectivity index (χ4v) is 6.14. The molecule has 0 spiro atoms. The number of benzene rings is 2. The highest BCUT2D eigenvalue weighted by Gasteiger charge is 2.34. The first-order chi connectivity index (χ1) is 19.4. The molecule has 1 aliphatic heterocycles. The van der Waals surface area contributed by atoms with Crippen LogP contribution in [0.1, 0.15) is 44.1 Å². The lowest BCUT2D eigenvalue weighted by Gasteiger charge is -2.33. The predicted octanol–water partition coefficient (Wildman–Crippen LogP) is 5.41. The van der Waals surface area contributed by atoms with Crippen LogP contribution < -0.4 is 0 Å². The van der Waals surface area contributed by atoms with E-state index in [0.717, 1.165) is 60.8 Å². The summed E-state index contributed by atoms with van der Waals surface area (Å²) in [5, 5.41) is 0.858. The summed E-state index contributed by atoms with van der Waals surface area (Å²) in [6, 6.07) is 10.3. The van der Waals surface area contributed by atoms with Crippen LogP contribution >= 0.6 is 0 Å². The Hall–Kier alpha value is -3.56. The number of halogens is 1. The van der Waals surface area contributed by atoms with E-state index in [1.165, 1.54) is 19.2 Å². The molecule has 0 bridgehead atoms. The van der Waals surface area contributed by atoms with Crippen molar-refractivity contribution in [2.24, 2.45) is 13.0 Å². The summed E-state index contributed by atoms with van der Waals surface area (Å²) in [6.07, 6.45) is 6.47. The highest BCUT2D eigenvalue weighted by atomic mass is 19.1. The van der Waals surface area contributed by atoms with Gasteiger partial charge in [0.2, 0.25) is 5.89 Å². The van der Waals surface area contributed by atoms with E-state index in [4.69, 9.17) is 13.9 Å². The molecule has 2 aromatic heterocycles. The molecule has 0 radical (unpaired) electrons. The number of hydrogen-bond acceptors (Lipinski definition) is 7. The Labute approximate surface area is 232 Å². The van der Waals surface area contributed by atoms with Gasteiger partial charge in [-0.15, -0.1) is 0 Å². The molecule has 2 aromatic carbocycles. The van der Waals surface area contributed by atoms with Gasteiger partial charge in [0.05, 0.1) is 30.2 Å². The predicted molar refractivity (Wildman–Crippen MR) is 148 cm³/mol. The second-order valence-corrected chi connectivity index (χ2v) is 11.0. The average Bonchev–Trinajstić information content (AvgIpc) is 3.71. The fourth-order valence-electron chi connectivity index (χ4n) is 6.14. The van der Waals surface area contributed by atoms with E-state index in [9.17, 15) is 14.0 Å². The molecule has 1 saturated heterocycles. The van der Waals surface area contributed by atoms with Gasteiger partial charge in [-0.05, 0) is 74.4 Å². The number of aromatic nitrogens is 2. The number of fused-ring (bicyclic) bond motifs is 2. The van der Waals surface area contributed by atoms with Crippen LogP contribution in [0.25, 0.3) is 33.5 Å². The zero-order valence-electron chi connectivity index (χ0n) is 22.9. The minimum Gasteiger partial charge on any atom is -0.469 e. The summed E-state index contributed by atoms with van der Waals surface area (Å²) in [7, 11) is 3.29. The zero-order chi connectivity index (χ0) is 27.8. The molecular weight excluding hydrogens is 513 g/mol. The third-order valence-electron chi connectivity index (χ3n) is 8.29. The summed E-state index contributed by atoms with van der Waals surface area (Å²) in [4.78, 5) is 32.3. The number of nitrogens with zero attached hydrogens (tertiary/aromatic N) is 3. The first kappa shape index (κ1) is 26.7. The van der Waals surface area contributed by atoms with Crippen molar-refractivity contribution in [2.45, 2.75) is 57.3 Å². The van der Waals surface area contributed by atoms with Gasteiger partial charge in [0.1, 0.15) is 11.3 Å². The molecule has 0 N–H and O–H groups in total. The largest absolute Gasteiger partial charge is 0.469 e. The Morgan fingerprint density at radius 3 is 2.62 bits per heavy atom. The molecule has 1 atom stereocenters. The summed E-state index contributed by atoms with van der Waals surface area (Å²) >= 11 is 0. The summed E-state index contributed by atoms with van der Waals surface area (Å²) in [5.74, 6) is -0.0637. The van der Waals surface area contributed by atoms with Crippen molar-refractivity contribution in [1.82, 2.24) is 14.5 Å². The van der Waals surface area contributed by atoms with Gasteiger partial charge < -0.3 is 18.5 Å². The van der Waals surface area contributed by atoms with Crippen molar-refractivity contribution < 1.29 is 27.9 Å². The maximum absolute atomic E-state index is 13.8. The van der Waals surface area contributed by atoms with Gasteiger partial charge >= 0.3 is 5.97 Å².